The first-order valence-corrected chi connectivity index (χ1v) is 5.73. The third kappa shape index (κ3) is 3.45. The van der Waals surface area contributed by atoms with Gasteiger partial charge in [-0.2, -0.15) is 0 Å². The van der Waals surface area contributed by atoms with Crippen molar-refractivity contribution in [1.82, 2.24) is 0 Å². The number of methoxy groups -OCH3 is 1. The number of carboxylic acid groups (broad SMARTS) is 1. The van der Waals surface area contributed by atoms with E-state index in [9.17, 15) is 9.59 Å². The van der Waals surface area contributed by atoms with Gasteiger partial charge in [-0.3, -0.25) is 4.79 Å². The highest BCUT2D eigenvalue weighted by atomic mass is 35.5. The Balaban J connectivity index is 2.83. The number of carbonyl (C=O) groups is 2. The molecule has 1 aromatic carbocycles. The second-order valence-corrected chi connectivity index (χ2v) is 4.03. The Morgan fingerprint density at radius 2 is 2.17 bits per heavy atom. The molecule has 6 heteroatoms. The summed E-state index contributed by atoms with van der Waals surface area (Å²) in [6.45, 7) is 1.83. The average molecular weight is 272 g/mol. The van der Waals surface area contributed by atoms with Crippen LogP contribution in [0.3, 0.4) is 0 Å². The summed E-state index contributed by atoms with van der Waals surface area (Å²) in [5.74, 6) is -1.40. The number of aromatic carboxylic acids is 1. The van der Waals surface area contributed by atoms with Crippen LogP contribution in [0.25, 0.3) is 0 Å². The smallest absolute Gasteiger partial charge is 0.337 e. The van der Waals surface area contributed by atoms with Gasteiger partial charge in [0.1, 0.15) is 6.10 Å². The highest BCUT2D eigenvalue weighted by Gasteiger charge is 2.16. The van der Waals surface area contributed by atoms with Gasteiger partial charge in [0.05, 0.1) is 10.6 Å². The van der Waals surface area contributed by atoms with Crippen LogP contribution in [0.1, 0.15) is 23.7 Å². The van der Waals surface area contributed by atoms with Crippen LogP contribution in [0.2, 0.25) is 5.02 Å². The summed E-state index contributed by atoms with van der Waals surface area (Å²) in [6, 6.07) is 4.22. The van der Waals surface area contributed by atoms with Crippen molar-refractivity contribution < 1.29 is 19.4 Å². The third-order valence-corrected chi connectivity index (χ3v) is 2.73. The molecule has 2 N–H and O–H groups in total. The van der Waals surface area contributed by atoms with Crippen LogP contribution in [0, 0.1) is 0 Å². The van der Waals surface area contributed by atoms with Crippen LogP contribution >= 0.6 is 11.6 Å². The number of carbonyl (C=O) groups excluding carboxylic acids is 1. The van der Waals surface area contributed by atoms with E-state index in [4.69, 9.17) is 21.4 Å². The number of amides is 1. The van der Waals surface area contributed by atoms with Crippen molar-refractivity contribution in [3.05, 3.63) is 28.8 Å². The van der Waals surface area contributed by atoms with Gasteiger partial charge in [-0.25, -0.2) is 4.79 Å². The van der Waals surface area contributed by atoms with Gasteiger partial charge in [-0.1, -0.05) is 18.5 Å². The van der Waals surface area contributed by atoms with Gasteiger partial charge in [-0.05, 0) is 24.6 Å². The Hall–Kier alpha value is -1.59. The van der Waals surface area contributed by atoms with Gasteiger partial charge in [0, 0.05) is 12.8 Å². The molecule has 1 atom stereocenters. The van der Waals surface area contributed by atoms with E-state index in [0.717, 1.165) is 0 Å². The van der Waals surface area contributed by atoms with Crippen molar-refractivity contribution in [3.8, 4) is 0 Å². The number of halogens is 1. The molecule has 0 aromatic heterocycles. The topological polar surface area (TPSA) is 75.6 Å². The fraction of sp³-hybridized carbons (Fsp3) is 0.333. The van der Waals surface area contributed by atoms with Crippen LogP contribution in [-0.4, -0.2) is 30.2 Å². The first-order valence-electron chi connectivity index (χ1n) is 5.36. The molecule has 0 heterocycles. The number of carboxylic acids is 1. The van der Waals surface area contributed by atoms with Crippen LogP contribution in [0.4, 0.5) is 5.69 Å². The SMILES string of the molecule is CCC(OC)C(=O)Nc1ccc(C(=O)O)c(Cl)c1. The number of nitrogens with one attached hydrogen (secondary N) is 1. The standard InChI is InChI=1S/C12H14ClNO4/c1-3-10(18-2)11(15)14-7-4-5-8(12(16)17)9(13)6-7/h4-6,10H,3H2,1-2H3,(H,14,15)(H,16,17). The van der Waals surface area contributed by atoms with Gasteiger partial charge in [-0.15, -0.1) is 0 Å². The molecule has 0 saturated carbocycles. The molecular weight excluding hydrogens is 258 g/mol. The summed E-state index contributed by atoms with van der Waals surface area (Å²) in [7, 11) is 1.45. The van der Waals surface area contributed by atoms with Gasteiger partial charge in [0.15, 0.2) is 0 Å². The highest BCUT2D eigenvalue weighted by Crippen LogP contribution is 2.21. The monoisotopic (exact) mass is 271 g/mol. The first-order chi connectivity index (χ1) is 8.49. The molecule has 1 aromatic rings. The lowest BCUT2D eigenvalue weighted by Crippen LogP contribution is -2.28. The predicted molar refractivity (Wildman–Crippen MR) is 68.1 cm³/mol. The van der Waals surface area contributed by atoms with Gasteiger partial charge >= 0.3 is 5.97 Å². The normalized spacial score (nSPS) is 11.9. The second kappa shape index (κ2) is 6.37. The second-order valence-electron chi connectivity index (χ2n) is 3.62. The summed E-state index contributed by atoms with van der Waals surface area (Å²) in [6.07, 6.45) is 0.00596. The maximum absolute atomic E-state index is 11.7. The van der Waals surface area contributed by atoms with E-state index in [1.165, 1.54) is 25.3 Å². The zero-order valence-corrected chi connectivity index (χ0v) is 10.8. The van der Waals surface area contributed by atoms with Gasteiger partial charge in [0.25, 0.3) is 5.91 Å². The quantitative estimate of drug-likeness (QED) is 0.862. The Morgan fingerprint density at radius 3 is 2.61 bits per heavy atom. The fourth-order valence-electron chi connectivity index (χ4n) is 1.45. The largest absolute Gasteiger partial charge is 0.478 e. The van der Waals surface area contributed by atoms with E-state index in [1.54, 1.807) is 0 Å². The van der Waals surface area contributed by atoms with Crippen molar-refractivity contribution >= 4 is 29.2 Å². The summed E-state index contributed by atoms with van der Waals surface area (Å²) in [5, 5.41) is 11.5. The lowest BCUT2D eigenvalue weighted by Gasteiger charge is -2.13. The molecule has 1 unspecified atom stereocenters. The number of anilines is 1. The first kappa shape index (κ1) is 14.5. The number of hydrogen-bond donors (Lipinski definition) is 2. The van der Waals surface area contributed by atoms with E-state index < -0.39 is 12.1 Å². The van der Waals surface area contributed by atoms with Crippen molar-refractivity contribution in [2.75, 3.05) is 12.4 Å². The Kier molecular flexibility index (Phi) is 5.12. The molecule has 0 bridgehead atoms. The molecule has 0 aliphatic carbocycles. The molecular formula is C12H14ClNO4. The molecule has 18 heavy (non-hydrogen) atoms. The molecule has 1 amide bonds. The Labute approximate surface area is 110 Å². The van der Waals surface area contributed by atoms with E-state index in [-0.39, 0.29) is 16.5 Å². The van der Waals surface area contributed by atoms with Crippen LogP contribution in [-0.2, 0) is 9.53 Å². The molecule has 1 rings (SSSR count). The maximum Gasteiger partial charge on any atom is 0.337 e. The minimum absolute atomic E-state index is 0.00607. The zero-order chi connectivity index (χ0) is 13.7. The average Bonchev–Trinajstić information content (AvgIpc) is 2.30. The maximum atomic E-state index is 11.7. The minimum Gasteiger partial charge on any atom is -0.478 e. The Morgan fingerprint density at radius 1 is 1.50 bits per heavy atom. The van der Waals surface area contributed by atoms with Crippen molar-refractivity contribution in [3.63, 3.8) is 0 Å². The van der Waals surface area contributed by atoms with Crippen molar-refractivity contribution in [1.29, 1.82) is 0 Å². The number of hydrogen-bond acceptors (Lipinski definition) is 3. The molecule has 98 valence electrons. The molecule has 5 nitrogen and oxygen atoms in total. The molecule has 0 spiro atoms. The number of ether oxygens (including phenoxy) is 1. The van der Waals surface area contributed by atoms with E-state index in [0.29, 0.717) is 12.1 Å². The lowest BCUT2D eigenvalue weighted by atomic mass is 10.2. The fourth-order valence-corrected chi connectivity index (χ4v) is 1.71. The minimum atomic E-state index is -1.11. The van der Waals surface area contributed by atoms with E-state index in [1.807, 2.05) is 6.92 Å². The molecule has 0 aliphatic heterocycles. The van der Waals surface area contributed by atoms with Crippen LogP contribution in [0.15, 0.2) is 18.2 Å². The summed E-state index contributed by atoms with van der Waals surface area (Å²) >= 11 is 5.79. The van der Waals surface area contributed by atoms with E-state index >= 15 is 0 Å². The summed E-state index contributed by atoms with van der Waals surface area (Å²) in [5.41, 5.74) is 0.430. The van der Waals surface area contributed by atoms with Crippen LogP contribution < -0.4 is 5.32 Å². The Bertz CT molecular complexity index is 457. The van der Waals surface area contributed by atoms with E-state index in [2.05, 4.69) is 5.32 Å². The van der Waals surface area contributed by atoms with Crippen LogP contribution in [0.5, 0.6) is 0 Å². The van der Waals surface area contributed by atoms with Gasteiger partial charge < -0.3 is 15.2 Å². The highest BCUT2D eigenvalue weighted by molar-refractivity contribution is 6.33. The molecule has 0 fully saturated rings. The molecule has 0 aliphatic rings. The zero-order valence-electron chi connectivity index (χ0n) is 10.1. The molecule has 0 saturated heterocycles. The number of rotatable bonds is 5. The lowest BCUT2D eigenvalue weighted by molar-refractivity contribution is -0.125. The number of benzene rings is 1. The predicted octanol–water partition coefficient (Wildman–Crippen LogP) is 2.40. The third-order valence-electron chi connectivity index (χ3n) is 2.41. The summed E-state index contributed by atoms with van der Waals surface area (Å²) < 4.78 is 4.99. The summed E-state index contributed by atoms with van der Waals surface area (Å²) in [4.78, 5) is 22.5. The van der Waals surface area contributed by atoms with Crippen molar-refractivity contribution in [2.24, 2.45) is 0 Å². The molecule has 0 radical (unpaired) electrons. The van der Waals surface area contributed by atoms with Gasteiger partial charge in [0.2, 0.25) is 0 Å². The van der Waals surface area contributed by atoms with Crippen molar-refractivity contribution in [2.45, 2.75) is 19.4 Å².